The first kappa shape index (κ1) is 22.8. The van der Waals surface area contributed by atoms with E-state index in [1.54, 1.807) is 18.5 Å². The number of nitrogens with one attached hydrogen (secondary N) is 1. The highest BCUT2D eigenvalue weighted by atomic mass is 32.2. The Bertz CT molecular complexity index is 1580. The van der Waals surface area contributed by atoms with Gasteiger partial charge in [0.2, 0.25) is 10.0 Å². The van der Waals surface area contributed by atoms with Gasteiger partial charge in [0, 0.05) is 24.0 Å². The third kappa shape index (κ3) is 4.80. The number of rotatable bonds is 7. The van der Waals surface area contributed by atoms with Gasteiger partial charge in [-0.05, 0) is 48.7 Å². The van der Waals surface area contributed by atoms with Crippen LogP contribution in [0, 0.1) is 6.92 Å². The molecule has 0 saturated carbocycles. The van der Waals surface area contributed by atoms with Crippen LogP contribution in [-0.4, -0.2) is 29.5 Å². The number of benzene rings is 3. The number of aryl methyl sites for hydroxylation is 1. The molecule has 0 bridgehead atoms. The van der Waals surface area contributed by atoms with Crippen LogP contribution in [0.2, 0.25) is 0 Å². The van der Waals surface area contributed by atoms with Gasteiger partial charge in [0.05, 0.1) is 10.3 Å². The normalized spacial score (nSPS) is 11.6. The molecule has 0 radical (unpaired) electrons. The van der Waals surface area contributed by atoms with E-state index in [-0.39, 0.29) is 4.90 Å². The van der Waals surface area contributed by atoms with Crippen LogP contribution in [0.25, 0.3) is 27.8 Å². The summed E-state index contributed by atoms with van der Waals surface area (Å²) >= 11 is 0. The van der Waals surface area contributed by atoms with Crippen molar-refractivity contribution in [2.24, 2.45) is 5.14 Å². The summed E-state index contributed by atoms with van der Waals surface area (Å²) in [5, 5.41) is 9.60. The highest BCUT2D eigenvalue weighted by Gasteiger charge is 2.17. The molecule has 0 atom stereocenters. The summed E-state index contributed by atoms with van der Waals surface area (Å²) < 4.78 is 25.1. The molecule has 3 N–H and O–H groups in total. The summed E-state index contributed by atoms with van der Waals surface area (Å²) in [5.74, 6) is 0.751. The van der Waals surface area contributed by atoms with Crippen molar-refractivity contribution in [3.8, 4) is 16.8 Å². The molecule has 0 amide bonds. The second-order valence-corrected chi connectivity index (χ2v) is 9.96. The number of nitrogens with two attached hydrogens (primary N) is 1. The Hall–Kier alpha value is -4.01. The van der Waals surface area contributed by atoms with E-state index in [1.165, 1.54) is 17.7 Å². The zero-order valence-corrected chi connectivity index (χ0v) is 20.0. The molecule has 0 saturated heterocycles. The number of primary sulfonamides is 1. The molecular formula is C27H25N5O2S. The molecule has 5 aromatic rings. The first-order valence-corrected chi connectivity index (χ1v) is 12.8. The molecule has 0 aliphatic carbocycles. The molecule has 35 heavy (non-hydrogen) atoms. The van der Waals surface area contributed by atoms with E-state index in [9.17, 15) is 8.42 Å². The van der Waals surface area contributed by atoms with Gasteiger partial charge >= 0.3 is 0 Å². The number of sulfonamides is 1. The van der Waals surface area contributed by atoms with Crippen molar-refractivity contribution in [3.63, 3.8) is 0 Å². The van der Waals surface area contributed by atoms with Crippen molar-refractivity contribution in [3.05, 3.63) is 103 Å². The average Bonchev–Trinajstić information content (AvgIpc) is 3.25. The van der Waals surface area contributed by atoms with Gasteiger partial charge in [-0.25, -0.2) is 23.5 Å². The topological polar surface area (TPSA) is 103 Å². The van der Waals surface area contributed by atoms with Crippen molar-refractivity contribution >= 4 is 26.9 Å². The second-order valence-electron chi connectivity index (χ2n) is 8.40. The van der Waals surface area contributed by atoms with Gasteiger partial charge in [0.15, 0.2) is 5.65 Å². The Morgan fingerprint density at radius 3 is 2.31 bits per heavy atom. The molecule has 0 fully saturated rings. The van der Waals surface area contributed by atoms with Crippen molar-refractivity contribution in [2.75, 3.05) is 11.9 Å². The highest BCUT2D eigenvalue weighted by Crippen LogP contribution is 2.35. The molecular weight excluding hydrogens is 458 g/mol. The summed E-state index contributed by atoms with van der Waals surface area (Å²) in [7, 11) is -3.70. The van der Waals surface area contributed by atoms with Crippen LogP contribution >= 0.6 is 0 Å². The lowest BCUT2D eigenvalue weighted by molar-refractivity contribution is 0.598. The number of hydrogen-bond acceptors (Lipinski definition) is 5. The van der Waals surface area contributed by atoms with Crippen LogP contribution in [0.3, 0.4) is 0 Å². The Morgan fingerprint density at radius 2 is 1.63 bits per heavy atom. The van der Waals surface area contributed by atoms with Gasteiger partial charge in [0.25, 0.3) is 0 Å². The van der Waals surface area contributed by atoms with Crippen molar-refractivity contribution in [1.29, 1.82) is 0 Å². The average molecular weight is 484 g/mol. The Balaban J connectivity index is 1.49. The summed E-state index contributed by atoms with van der Waals surface area (Å²) in [6.45, 7) is 2.68. The van der Waals surface area contributed by atoms with E-state index in [4.69, 9.17) is 5.14 Å². The van der Waals surface area contributed by atoms with Crippen molar-refractivity contribution in [2.45, 2.75) is 18.2 Å². The molecule has 2 aromatic heterocycles. The van der Waals surface area contributed by atoms with E-state index in [1.807, 2.05) is 18.2 Å². The first-order chi connectivity index (χ1) is 16.9. The first-order valence-electron chi connectivity index (χ1n) is 11.2. The van der Waals surface area contributed by atoms with Crippen molar-refractivity contribution < 1.29 is 8.42 Å². The quantitative estimate of drug-likeness (QED) is 0.349. The van der Waals surface area contributed by atoms with Gasteiger partial charge in [-0.3, -0.25) is 0 Å². The van der Waals surface area contributed by atoms with Crippen LogP contribution in [-0.2, 0) is 16.4 Å². The number of anilines is 1. The maximum absolute atomic E-state index is 11.5. The van der Waals surface area contributed by atoms with Crippen LogP contribution in [0.1, 0.15) is 11.1 Å². The van der Waals surface area contributed by atoms with Gasteiger partial charge in [-0.1, -0.05) is 60.2 Å². The lowest BCUT2D eigenvalue weighted by atomic mass is 10.1. The zero-order chi connectivity index (χ0) is 24.4. The summed E-state index contributed by atoms with van der Waals surface area (Å²) in [5.41, 5.74) is 6.17. The van der Waals surface area contributed by atoms with Crippen LogP contribution in [0.5, 0.6) is 0 Å². The van der Waals surface area contributed by atoms with Gasteiger partial charge in [-0.2, -0.15) is 0 Å². The fraction of sp³-hybridized carbons (Fsp3) is 0.111. The van der Waals surface area contributed by atoms with E-state index in [2.05, 4.69) is 69.4 Å². The summed E-state index contributed by atoms with van der Waals surface area (Å²) in [6.07, 6.45) is 4.37. The lowest BCUT2D eigenvalue weighted by Gasteiger charge is -2.09. The molecule has 0 aliphatic heterocycles. The minimum absolute atomic E-state index is 0.108. The fourth-order valence-corrected chi connectivity index (χ4v) is 4.62. The molecule has 8 heteroatoms. The Morgan fingerprint density at radius 1 is 0.914 bits per heavy atom. The minimum atomic E-state index is -3.70. The van der Waals surface area contributed by atoms with Gasteiger partial charge < -0.3 is 9.88 Å². The summed E-state index contributed by atoms with van der Waals surface area (Å²) in [4.78, 5) is 9.30. The number of nitrogens with zero attached hydrogens (tertiary/aromatic N) is 3. The Labute approximate surface area is 204 Å². The van der Waals surface area contributed by atoms with E-state index >= 15 is 0 Å². The third-order valence-electron chi connectivity index (χ3n) is 5.94. The maximum Gasteiger partial charge on any atom is 0.238 e. The van der Waals surface area contributed by atoms with Crippen LogP contribution < -0.4 is 10.5 Å². The largest absolute Gasteiger partial charge is 0.369 e. The van der Waals surface area contributed by atoms with Crippen LogP contribution in [0.15, 0.2) is 96.3 Å². The Kier molecular flexibility index (Phi) is 6.07. The van der Waals surface area contributed by atoms with Gasteiger partial charge in [-0.15, -0.1) is 0 Å². The fourth-order valence-electron chi connectivity index (χ4n) is 4.11. The third-order valence-corrected chi connectivity index (χ3v) is 6.87. The molecule has 0 aliphatic rings. The maximum atomic E-state index is 11.5. The molecule has 0 spiro atoms. The molecule has 176 valence electrons. The number of fused-ring (bicyclic) bond motifs is 1. The molecule has 5 rings (SSSR count). The summed E-state index contributed by atoms with van der Waals surface area (Å²) in [6, 6.07) is 25.2. The highest BCUT2D eigenvalue weighted by molar-refractivity contribution is 7.89. The standard InChI is InChI=1S/C27H25N5O2S/c1-19-7-11-22(12-8-19)32-17-24(21-5-3-2-4-6-21)25-26(30-18-31-27(25)32)29-16-15-20-9-13-23(14-10-20)35(28,33)34/h2-14,17-18H,15-16H2,1H3,(H2,28,33,34)(H,29,30,31). The van der Waals surface area contributed by atoms with Crippen LogP contribution in [0.4, 0.5) is 5.82 Å². The molecule has 3 aromatic carbocycles. The number of aromatic nitrogens is 3. The van der Waals surface area contributed by atoms with E-state index in [0.29, 0.717) is 13.0 Å². The monoisotopic (exact) mass is 483 g/mol. The second kappa shape index (κ2) is 9.32. The smallest absolute Gasteiger partial charge is 0.238 e. The SMILES string of the molecule is Cc1ccc(-n2cc(-c3ccccc3)c3c(NCCc4ccc(S(N)(=O)=O)cc4)ncnc32)cc1. The van der Waals surface area contributed by atoms with E-state index in [0.717, 1.165) is 39.2 Å². The predicted octanol–water partition coefficient (Wildman–Crippen LogP) is 4.70. The lowest BCUT2D eigenvalue weighted by Crippen LogP contribution is -2.12. The minimum Gasteiger partial charge on any atom is -0.369 e. The molecule has 0 unspecified atom stereocenters. The van der Waals surface area contributed by atoms with E-state index < -0.39 is 10.0 Å². The predicted molar refractivity (Wildman–Crippen MR) is 139 cm³/mol. The van der Waals surface area contributed by atoms with Crippen molar-refractivity contribution in [1.82, 2.24) is 14.5 Å². The van der Waals surface area contributed by atoms with Gasteiger partial charge in [0.1, 0.15) is 12.1 Å². The zero-order valence-electron chi connectivity index (χ0n) is 19.2. The molecule has 7 nitrogen and oxygen atoms in total. The molecule has 2 heterocycles. The number of hydrogen-bond donors (Lipinski definition) is 2.